The first-order valence-electron chi connectivity index (χ1n) is 7.59. The maximum Gasteiger partial charge on any atom is 0.291 e. The predicted molar refractivity (Wildman–Crippen MR) is 95.0 cm³/mol. The third-order valence-electron chi connectivity index (χ3n) is 3.54. The zero-order valence-electron chi connectivity index (χ0n) is 13.7. The molecular formula is C18H15FN2O4S. The molecule has 0 radical (unpaired) electrons. The van der Waals surface area contributed by atoms with Gasteiger partial charge in [-0.15, -0.1) is 0 Å². The van der Waals surface area contributed by atoms with Gasteiger partial charge in [-0.25, -0.2) is 12.8 Å². The number of furan rings is 1. The van der Waals surface area contributed by atoms with E-state index in [2.05, 4.69) is 10.0 Å². The largest absolute Gasteiger partial charge is 0.459 e. The maximum absolute atomic E-state index is 13.2. The Bertz CT molecular complexity index is 1050. The molecule has 26 heavy (non-hydrogen) atoms. The van der Waals surface area contributed by atoms with Crippen molar-refractivity contribution in [3.8, 4) is 0 Å². The quantitative estimate of drug-likeness (QED) is 0.711. The Hall–Kier alpha value is -3.13. The molecule has 8 heteroatoms. The van der Waals surface area contributed by atoms with Gasteiger partial charge < -0.3 is 9.73 Å². The lowest BCUT2D eigenvalue weighted by atomic mass is 10.2. The number of hydrogen-bond acceptors (Lipinski definition) is 4. The normalized spacial score (nSPS) is 11.2. The Labute approximate surface area is 149 Å². The molecule has 0 atom stereocenters. The van der Waals surface area contributed by atoms with Crippen LogP contribution in [0.1, 0.15) is 16.1 Å². The fourth-order valence-corrected chi connectivity index (χ4v) is 3.66. The topological polar surface area (TPSA) is 88.4 Å². The third-order valence-corrected chi connectivity index (χ3v) is 5.09. The minimum absolute atomic E-state index is 0.0241. The molecule has 0 aliphatic carbocycles. The van der Waals surface area contributed by atoms with Crippen LogP contribution < -0.4 is 10.0 Å². The van der Waals surface area contributed by atoms with Crippen LogP contribution in [0.15, 0.2) is 70.2 Å². The lowest BCUT2D eigenvalue weighted by Gasteiger charge is -2.11. The average molecular weight is 374 g/mol. The van der Waals surface area contributed by atoms with Gasteiger partial charge in [0.05, 0.1) is 16.8 Å². The van der Waals surface area contributed by atoms with Gasteiger partial charge in [-0.1, -0.05) is 6.07 Å². The standard InChI is InChI=1S/C18H15FN2O4S/c1-12-10-13(19)7-8-17(12)26(23,24)21-15-5-2-4-14(11-15)20-18(22)16-6-3-9-25-16/h2-11,21H,1H3,(H,20,22). The summed E-state index contributed by atoms with van der Waals surface area (Å²) in [5.41, 5.74) is 0.938. The van der Waals surface area contributed by atoms with E-state index in [9.17, 15) is 17.6 Å². The third kappa shape index (κ3) is 3.92. The number of rotatable bonds is 5. The molecule has 1 amide bonds. The first-order valence-corrected chi connectivity index (χ1v) is 9.07. The smallest absolute Gasteiger partial charge is 0.291 e. The van der Waals surface area contributed by atoms with E-state index < -0.39 is 21.7 Å². The van der Waals surface area contributed by atoms with Gasteiger partial charge >= 0.3 is 0 Å². The molecule has 6 nitrogen and oxygen atoms in total. The molecule has 3 rings (SSSR count). The molecule has 134 valence electrons. The number of anilines is 2. The molecule has 1 heterocycles. The van der Waals surface area contributed by atoms with Crippen LogP contribution in [0.3, 0.4) is 0 Å². The number of aryl methyl sites for hydroxylation is 1. The van der Waals surface area contributed by atoms with Crippen LogP contribution in [0.5, 0.6) is 0 Å². The summed E-state index contributed by atoms with van der Waals surface area (Å²) in [6, 6.07) is 12.8. The van der Waals surface area contributed by atoms with Gasteiger partial charge in [0, 0.05) is 5.69 Å². The van der Waals surface area contributed by atoms with E-state index in [0.717, 1.165) is 12.1 Å². The van der Waals surface area contributed by atoms with Gasteiger partial charge in [-0.2, -0.15) is 0 Å². The summed E-state index contributed by atoms with van der Waals surface area (Å²) < 4.78 is 45.6. The van der Waals surface area contributed by atoms with Crippen molar-refractivity contribution < 1.29 is 22.0 Å². The van der Waals surface area contributed by atoms with Crippen LogP contribution in [0.2, 0.25) is 0 Å². The van der Waals surface area contributed by atoms with Crippen molar-refractivity contribution in [1.82, 2.24) is 0 Å². The lowest BCUT2D eigenvalue weighted by Crippen LogP contribution is -2.15. The number of nitrogens with one attached hydrogen (secondary N) is 2. The minimum atomic E-state index is -3.90. The average Bonchev–Trinajstić information content (AvgIpc) is 3.09. The molecule has 0 aliphatic rings. The maximum atomic E-state index is 13.2. The monoisotopic (exact) mass is 374 g/mol. The number of halogens is 1. The summed E-state index contributed by atoms with van der Waals surface area (Å²) in [5, 5.41) is 2.61. The van der Waals surface area contributed by atoms with Crippen LogP contribution >= 0.6 is 0 Å². The van der Waals surface area contributed by atoms with Crippen LogP contribution in [0.25, 0.3) is 0 Å². The summed E-state index contributed by atoms with van der Waals surface area (Å²) in [6.45, 7) is 1.51. The molecule has 0 saturated heterocycles. The second-order valence-electron chi connectivity index (χ2n) is 5.53. The fraction of sp³-hybridized carbons (Fsp3) is 0.0556. The molecule has 0 unspecified atom stereocenters. The zero-order valence-corrected chi connectivity index (χ0v) is 14.5. The molecule has 1 aromatic heterocycles. The number of carbonyl (C=O) groups excluding carboxylic acids is 1. The van der Waals surface area contributed by atoms with Gasteiger partial charge in [0.2, 0.25) is 0 Å². The van der Waals surface area contributed by atoms with E-state index in [1.807, 2.05) is 0 Å². The molecule has 2 N–H and O–H groups in total. The Balaban J connectivity index is 1.81. The number of hydrogen-bond donors (Lipinski definition) is 2. The summed E-state index contributed by atoms with van der Waals surface area (Å²) in [7, 11) is -3.90. The molecule has 0 bridgehead atoms. The van der Waals surface area contributed by atoms with Gasteiger partial charge in [0.15, 0.2) is 5.76 Å². The first-order chi connectivity index (χ1) is 12.3. The summed E-state index contributed by atoms with van der Waals surface area (Å²) in [4.78, 5) is 12.0. The Morgan fingerprint density at radius 2 is 1.81 bits per heavy atom. The Morgan fingerprint density at radius 3 is 2.50 bits per heavy atom. The predicted octanol–water partition coefficient (Wildman–Crippen LogP) is 3.78. The van der Waals surface area contributed by atoms with E-state index in [-0.39, 0.29) is 16.3 Å². The molecule has 3 aromatic rings. The van der Waals surface area contributed by atoms with E-state index in [1.165, 1.54) is 31.4 Å². The number of amides is 1. The first kappa shape index (κ1) is 17.7. The molecular weight excluding hydrogens is 359 g/mol. The second-order valence-corrected chi connectivity index (χ2v) is 7.18. The molecule has 0 fully saturated rings. The molecule has 0 aliphatic heterocycles. The molecule has 2 aromatic carbocycles. The highest BCUT2D eigenvalue weighted by Gasteiger charge is 2.18. The number of sulfonamides is 1. The zero-order chi connectivity index (χ0) is 18.7. The lowest BCUT2D eigenvalue weighted by molar-refractivity contribution is 0.0996. The van der Waals surface area contributed by atoms with Crippen LogP contribution in [0, 0.1) is 12.7 Å². The van der Waals surface area contributed by atoms with Crippen LogP contribution in [-0.2, 0) is 10.0 Å². The summed E-state index contributed by atoms with van der Waals surface area (Å²) in [6.07, 6.45) is 1.38. The van der Waals surface area contributed by atoms with Crippen molar-refractivity contribution in [2.45, 2.75) is 11.8 Å². The molecule has 0 spiro atoms. The molecule has 0 saturated carbocycles. The van der Waals surface area contributed by atoms with Crippen LogP contribution in [0.4, 0.5) is 15.8 Å². The van der Waals surface area contributed by atoms with Crippen molar-refractivity contribution in [3.05, 3.63) is 78.0 Å². The number of carbonyl (C=O) groups is 1. The van der Waals surface area contributed by atoms with Crippen LogP contribution in [-0.4, -0.2) is 14.3 Å². The van der Waals surface area contributed by atoms with Gasteiger partial charge in [0.1, 0.15) is 5.82 Å². The van der Waals surface area contributed by atoms with E-state index >= 15 is 0 Å². The van der Waals surface area contributed by atoms with Crippen molar-refractivity contribution in [2.75, 3.05) is 10.0 Å². The second kappa shape index (κ2) is 7.01. The van der Waals surface area contributed by atoms with E-state index in [4.69, 9.17) is 4.42 Å². The van der Waals surface area contributed by atoms with Gasteiger partial charge in [0.25, 0.3) is 15.9 Å². The highest BCUT2D eigenvalue weighted by Crippen LogP contribution is 2.22. The Morgan fingerprint density at radius 1 is 1.04 bits per heavy atom. The van der Waals surface area contributed by atoms with Gasteiger partial charge in [-0.05, 0) is 61.0 Å². The number of benzene rings is 2. The van der Waals surface area contributed by atoms with Crippen molar-refractivity contribution >= 4 is 27.3 Å². The Kier molecular flexibility index (Phi) is 4.77. The summed E-state index contributed by atoms with van der Waals surface area (Å²) in [5.74, 6) is -0.827. The van der Waals surface area contributed by atoms with Crippen molar-refractivity contribution in [1.29, 1.82) is 0 Å². The highest BCUT2D eigenvalue weighted by atomic mass is 32.2. The van der Waals surface area contributed by atoms with E-state index in [1.54, 1.807) is 24.3 Å². The van der Waals surface area contributed by atoms with Crippen molar-refractivity contribution in [2.24, 2.45) is 0 Å². The summed E-state index contributed by atoms with van der Waals surface area (Å²) >= 11 is 0. The van der Waals surface area contributed by atoms with E-state index in [0.29, 0.717) is 11.3 Å². The minimum Gasteiger partial charge on any atom is -0.459 e. The SMILES string of the molecule is Cc1cc(F)ccc1S(=O)(=O)Nc1cccc(NC(=O)c2ccco2)c1. The van der Waals surface area contributed by atoms with Gasteiger partial charge in [-0.3, -0.25) is 9.52 Å². The highest BCUT2D eigenvalue weighted by molar-refractivity contribution is 7.92. The fourth-order valence-electron chi connectivity index (χ4n) is 2.39. The van der Waals surface area contributed by atoms with Crippen molar-refractivity contribution in [3.63, 3.8) is 0 Å².